The first kappa shape index (κ1) is 14.6. The monoisotopic (exact) mass is 294 g/mol. The largest absolute Gasteiger partial charge is 0.357 e. The summed E-state index contributed by atoms with van der Waals surface area (Å²) in [4.78, 5) is 43.2. The Kier molecular flexibility index (Phi) is 3.70. The highest BCUT2D eigenvalue weighted by atomic mass is 16.6. The van der Waals surface area contributed by atoms with Crippen molar-refractivity contribution in [1.29, 1.82) is 0 Å². The molecule has 10 heteroatoms. The van der Waals surface area contributed by atoms with Gasteiger partial charge in [0.05, 0.1) is 11.5 Å². The Hall–Kier alpha value is -2.78. The molecule has 10 nitrogen and oxygen atoms in total. The van der Waals surface area contributed by atoms with Crippen molar-refractivity contribution in [2.75, 3.05) is 23.8 Å². The summed E-state index contributed by atoms with van der Waals surface area (Å²) in [5.41, 5.74) is -0.164. The number of carbonyl (C=O) groups excluding carboxylic acids is 2. The molecule has 0 radical (unpaired) electrons. The molecule has 0 spiro atoms. The quantitative estimate of drug-likeness (QED) is 0.437. The number of hydrogen-bond acceptors (Lipinski definition) is 8. The van der Waals surface area contributed by atoms with E-state index in [1.165, 1.54) is 11.8 Å². The Labute approximate surface area is 119 Å². The summed E-state index contributed by atoms with van der Waals surface area (Å²) in [6.07, 6.45) is 0. The summed E-state index contributed by atoms with van der Waals surface area (Å²) in [5, 5.41) is 16.1. The molecule has 1 aliphatic heterocycles. The van der Waals surface area contributed by atoms with Gasteiger partial charge in [-0.3, -0.25) is 25.0 Å². The predicted octanol–water partition coefficient (Wildman–Crippen LogP) is -0.414. The number of piperazine rings is 1. The van der Waals surface area contributed by atoms with Crippen LogP contribution >= 0.6 is 0 Å². The second-order valence-electron chi connectivity index (χ2n) is 4.53. The van der Waals surface area contributed by atoms with E-state index in [-0.39, 0.29) is 29.7 Å². The highest BCUT2D eigenvalue weighted by Crippen LogP contribution is 2.31. The van der Waals surface area contributed by atoms with E-state index in [9.17, 15) is 19.7 Å². The average Bonchev–Trinajstić information content (AvgIpc) is 2.41. The van der Waals surface area contributed by atoms with Crippen LogP contribution in [0, 0.1) is 17.0 Å². The third kappa shape index (κ3) is 2.59. The number of anilines is 2. The summed E-state index contributed by atoms with van der Waals surface area (Å²) in [6.45, 7) is 2.83. The molecule has 0 saturated carbocycles. The number of carbonyl (C=O) groups is 2. The van der Waals surface area contributed by atoms with Crippen molar-refractivity contribution < 1.29 is 14.5 Å². The Morgan fingerprint density at radius 3 is 2.67 bits per heavy atom. The maximum Gasteiger partial charge on any atom is 0.332 e. The van der Waals surface area contributed by atoms with Crippen molar-refractivity contribution in [1.82, 2.24) is 15.3 Å². The molecule has 0 aliphatic carbocycles. The number of imide groups is 1. The van der Waals surface area contributed by atoms with Gasteiger partial charge in [-0.05, 0) is 13.8 Å². The van der Waals surface area contributed by atoms with Crippen LogP contribution in [0.5, 0.6) is 0 Å². The maximum absolute atomic E-state index is 11.7. The fourth-order valence-corrected chi connectivity index (χ4v) is 2.05. The van der Waals surface area contributed by atoms with Crippen molar-refractivity contribution in [2.45, 2.75) is 19.9 Å². The number of aryl methyl sites for hydroxylation is 1. The highest BCUT2D eigenvalue weighted by molar-refractivity contribution is 6.04. The van der Waals surface area contributed by atoms with E-state index in [2.05, 4.69) is 20.6 Å². The summed E-state index contributed by atoms with van der Waals surface area (Å²) in [6, 6.07) is -0.750. The molecule has 0 bridgehead atoms. The SMILES string of the molecule is CNc1nc(C)c([N+](=O)[O-])c(N2CC(=O)NC(=O)C2C)n1. The molecule has 1 aromatic heterocycles. The lowest BCUT2D eigenvalue weighted by atomic mass is 10.2. The Morgan fingerprint density at radius 2 is 2.10 bits per heavy atom. The molecule has 2 amide bonds. The molecule has 1 fully saturated rings. The van der Waals surface area contributed by atoms with E-state index in [1.54, 1.807) is 14.0 Å². The van der Waals surface area contributed by atoms with Gasteiger partial charge >= 0.3 is 5.69 Å². The maximum atomic E-state index is 11.7. The summed E-state index contributed by atoms with van der Waals surface area (Å²) < 4.78 is 0. The van der Waals surface area contributed by atoms with E-state index >= 15 is 0 Å². The lowest BCUT2D eigenvalue weighted by Gasteiger charge is -2.32. The van der Waals surface area contributed by atoms with Crippen molar-refractivity contribution in [3.8, 4) is 0 Å². The van der Waals surface area contributed by atoms with Gasteiger partial charge in [0, 0.05) is 7.05 Å². The molecule has 0 aromatic carbocycles. The van der Waals surface area contributed by atoms with E-state index in [1.807, 2.05) is 0 Å². The van der Waals surface area contributed by atoms with Gasteiger partial charge < -0.3 is 10.2 Å². The van der Waals surface area contributed by atoms with Crippen LogP contribution < -0.4 is 15.5 Å². The second kappa shape index (κ2) is 5.31. The first-order valence-corrected chi connectivity index (χ1v) is 6.16. The minimum absolute atomic E-state index is 0.0486. The summed E-state index contributed by atoms with van der Waals surface area (Å²) in [5.74, 6) is -0.927. The van der Waals surface area contributed by atoms with Crippen LogP contribution in [0.15, 0.2) is 0 Å². The second-order valence-corrected chi connectivity index (χ2v) is 4.53. The van der Waals surface area contributed by atoms with Crippen LogP contribution in [-0.2, 0) is 9.59 Å². The van der Waals surface area contributed by atoms with Gasteiger partial charge in [0.15, 0.2) is 0 Å². The first-order valence-electron chi connectivity index (χ1n) is 6.16. The molecule has 1 atom stereocenters. The number of nitrogens with one attached hydrogen (secondary N) is 2. The van der Waals surface area contributed by atoms with Gasteiger partial charge in [-0.2, -0.15) is 4.98 Å². The van der Waals surface area contributed by atoms with Crippen LogP contribution in [0.4, 0.5) is 17.5 Å². The zero-order chi connectivity index (χ0) is 15.7. The van der Waals surface area contributed by atoms with Crippen LogP contribution in [0.3, 0.4) is 0 Å². The van der Waals surface area contributed by atoms with Crippen LogP contribution in [-0.4, -0.2) is 46.3 Å². The molecule has 1 aromatic rings. The molecule has 2 N–H and O–H groups in total. The van der Waals surface area contributed by atoms with E-state index in [0.717, 1.165) is 0 Å². The average molecular weight is 294 g/mol. The van der Waals surface area contributed by atoms with E-state index < -0.39 is 22.8 Å². The molecule has 21 heavy (non-hydrogen) atoms. The molecule has 2 heterocycles. The molecular weight excluding hydrogens is 280 g/mol. The van der Waals surface area contributed by atoms with E-state index in [4.69, 9.17) is 0 Å². The normalized spacial score (nSPS) is 18.4. The zero-order valence-electron chi connectivity index (χ0n) is 11.7. The van der Waals surface area contributed by atoms with Crippen LogP contribution in [0.25, 0.3) is 0 Å². The molecule has 1 saturated heterocycles. The number of rotatable bonds is 3. The van der Waals surface area contributed by atoms with Crippen LogP contribution in [0.1, 0.15) is 12.6 Å². The van der Waals surface area contributed by atoms with Crippen LogP contribution in [0.2, 0.25) is 0 Å². The Bertz CT molecular complexity index is 631. The fraction of sp³-hybridized carbons (Fsp3) is 0.455. The topological polar surface area (TPSA) is 130 Å². The minimum atomic E-state index is -0.750. The van der Waals surface area contributed by atoms with Crippen molar-refractivity contribution >= 4 is 29.3 Å². The Balaban J connectivity index is 2.60. The number of hydrogen-bond donors (Lipinski definition) is 2. The molecule has 1 aliphatic rings. The number of nitro groups is 1. The van der Waals surface area contributed by atoms with Crippen molar-refractivity contribution in [3.63, 3.8) is 0 Å². The number of aromatic nitrogens is 2. The lowest BCUT2D eigenvalue weighted by Crippen LogP contribution is -2.57. The smallest absolute Gasteiger partial charge is 0.332 e. The third-order valence-corrected chi connectivity index (χ3v) is 3.14. The molecule has 2 rings (SSSR count). The fourth-order valence-electron chi connectivity index (χ4n) is 2.05. The molecule has 1 unspecified atom stereocenters. The summed E-state index contributed by atoms with van der Waals surface area (Å²) in [7, 11) is 1.57. The first-order chi connectivity index (χ1) is 9.85. The zero-order valence-corrected chi connectivity index (χ0v) is 11.7. The van der Waals surface area contributed by atoms with Gasteiger partial charge in [0.1, 0.15) is 11.7 Å². The Morgan fingerprint density at radius 1 is 1.43 bits per heavy atom. The summed E-state index contributed by atoms with van der Waals surface area (Å²) >= 11 is 0. The number of nitrogens with zero attached hydrogens (tertiary/aromatic N) is 4. The van der Waals surface area contributed by atoms with Gasteiger partial charge in [-0.25, -0.2) is 4.98 Å². The van der Waals surface area contributed by atoms with Gasteiger partial charge in [-0.15, -0.1) is 0 Å². The third-order valence-electron chi connectivity index (χ3n) is 3.14. The van der Waals surface area contributed by atoms with Gasteiger partial charge in [0.2, 0.25) is 23.6 Å². The molecular formula is C11H14N6O4. The van der Waals surface area contributed by atoms with E-state index in [0.29, 0.717) is 0 Å². The van der Waals surface area contributed by atoms with Gasteiger partial charge in [-0.1, -0.05) is 0 Å². The van der Waals surface area contributed by atoms with Crippen molar-refractivity contribution in [3.05, 3.63) is 15.8 Å². The lowest BCUT2D eigenvalue weighted by molar-refractivity contribution is -0.385. The highest BCUT2D eigenvalue weighted by Gasteiger charge is 2.36. The minimum Gasteiger partial charge on any atom is -0.357 e. The van der Waals surface area contributed by atoms with Gasteiger partial charge in [0.25, 0.3) is 0 Å². The number of amides is 2. The standard InChI is InChI=1S/C11H14N6O4/c1-5-8(17(20)21)9(15-11(12-3)13-5)16-4-7(18)14-10(19)6(16)2/h6H,4H2,1-3H3,(H,12,13,15)(H,14,18,19). The van der Waals surface area contributed by atoms with Crippen molar-refractivity contribution in [2.24, 2.45) is 0 Å². The molecule has 112 valence electrons. The predicted molar refractivity (Wildman–Crippen MR) is 72.9 cm³/mol.